The van der Waals surface area contributed by atoms with Crippen molar-refractivity contribution in [1.82, 2.24) is 0 Å². The van der Waals surface area contributed by atoms with Crippen molar-refractivity contribution in [3.63, 3.8) is 0 Å². The summed E-state index contributed by atoms with van der Waals surface area (Å²) < 4.78 is 105. The molecule has 0 rings (SSSR count). The van der Waals surface area contributed by atoms with Crippen molar-refractivity contribution in [1.29, 1.82) is 0 Å². The van der Waals surface area contributed by atoms with E-state index < -0.39 is 141 Å². The van der Waals surface area contributed by atoms with Crippen LogP contribution in [-0.4, -0.2) is 175 Å². The van der Waals surface area contributed by atoms with Crippen LogP contribution in [0, 0.1) is 0 Å². The topological polar surface area (TPSA) is 364 Å². The molecule has 0 amide bonds. The Morgan fingerprint density at radius 2 is 0.421 bits per heavy atom. The summed E-state index contributed by atoms with van der Waals surface area (Å²) in [7, 11) is -10.2. The molecule has 0 aromatic heterocycles. The number of hydrogen-bond acceptors (Lipinski definition) is 28. The maximum Gasteiger partial charge on any atom is 2.00 e. The minimum Gasteiger partial charge on any atom is -1.00 e. The molecule has 0 aromatic rings. The minimum absolute atomic E-state index is 0. The Bertz CT molecular complexity index is 2200. The van der Waals surface area contributed by atoms with Gasteiger partial charge in [-0.3, -0.25) is 28.3 Å². The van der Waals surface area contributed by atoms with Gasteiger partial charge in [0.1, 0.15) is 26.4 Å². The molecule has 4 unspecified atom stereocenters. The third kappa shape index (κ3) is 86.8. The van der Waals surface area contributed by atoms with Crippen molar-refractivity contribution in [2.24, 2.45) is 0 Å². The molecule has 0 saturated heterocycles. The van der Waals surface area contributed by atoms with Crippen LogP contribution in [-0.2, 0) is 103 Å². The summed E-state index contributed by atoms with van der Waals surface area (Å²) in [5.74, 6) is -2.09. The fraction of sp³-hybridized carbons (Fsp3) is 0.902. The zero-order valence-electron chi connectivity index (χ0n) is 71.8. The average molecular weight is 1700 g/mol. The zero-order valence-corrected chi connectivity index (χ0v) is 76.0. The van der Waals surface area contributed by atoms with Gasteiger partial charge in [0.15, 0.2) is 24.4 Å². The van der Waals surface area contributed by atoms with E-state index in [1.807, 2.05) is 0 Å². The van der Waals surface area contributed by atoms with E-state index in [0.717, 1.165) is 77.0 Å². The molecule has 0 aliphatic heterocycles. The first-order valence-electron chi connectivity index (χ1n) is 42.3. The molecule has 0 aliphatic rings. The van der Waals surface area contributed by atoms with Crippen LogP contribution < -0.4 is 39.3 Å². The van der Waals surface area contributed by atoms with Crippen molar-refractivity contribution in [3.8, 4) is 0 Å². The number of hydrogen-bond donors (Lipinski definition) is 0. The number of esters is 4. The van der Waals surface area contributed by atoms with Gasteiger partial charge in [0.05, 0.1) is 52.9 Å². The molecule has 32 heteroatoms. The van der Waals surface area contributed by atoms with Gasteiger partial charge in [0.25, 0.3) is 15.6 Å². The average Bonchev–Trinajstić information content (AvgIpc) is 0.897. The standard InChI is InChI=1S/2C40H75O14P.2CH4.Mg.Na.H/c2*1-5-9-11-13-15-17-19-21-23-25-27-29-37(41)49-31-35(53-38(42)30-28-26-24-22-20-18-16-14-12-10-6-2)33-51-55(45,46)52-34-36(54-40(44)48-8-4)32-50-39(43)47-7-3;;;;;/h2*35-36H,5-34H2,1-4H3,(H,45,46);2*1H4;;;/q;;;;+2;+1;-1/p-2/t2*35-,36?;;;;;/m11...../s1. The zero-order chi connectivity index (χ0) is 81.7. The molecular formula is C82H157MgNaO28P2. The smallest absolute Gasteiger partial charge is 1.00 e. The van der Waals surface area contributed by atoms with Gasteiger partial charge in [-0.05, 0) is 53.4 Å². The molecule has 0 heterocycles. The third-order valence-electron chi connectivity index (χ3n) is 17.4. The summed E-state index contributed by atoms with van der Waals surface area (Å²) in [6, 6.07) is 0. The number of phosphoric ester groups is 2. The number of rotatable bonds is 76. The quantitative estimate of drug-likeness (QED) is 0.0179. The second-order valence-electron chi connectivity index (χ2n) is 27.6. The van der Waals surface area contributed by atoms with E-state index >= 15 is 0 Å². The Kier molecular flexibility index (Phi) is 95.3. The molecule has 0 fully saturated rings. The summed E-state index contributed by atoms with van der Waals surface area (Å²) in [5.41, 5.74) is 0. The number of carbonyl (C=O) groups excluding carboxylic acids is 8. The van der Waals surface area contributed by atoms with Gasteiger partial charge in [-0.25, -0.2) is 19.2 Å². The molecule has 28 nitrogen and oxygen atoms in total. The van der Waals surface area contributed by atoms with E-state index in [2.05, 4.69) is 37.2 Å². The predicted octanol–water partition coefficient (Wildman–Crippen LogP) is 18.1. The van der Waals surface area contributed by atoms with Crippen molar-refractivity contribution in [3.05, 3.63) is 0 Å². The Balaban J connectivity index is -0.000000389. The Morgan fingerprint density at radius 1 is 0.246 bits per heavy atom. The van der Waals surface area contributed by atoms with E-state index in [-0.39, 0.29) is 121 Å². The first-order chi connectivity index (χ1) is 53.1. The Morgan fingerprint density at radius 3 is 0.632 bits per heavy atom. The van der Waals surface area contributed by atoms with Gasteiger partial charge in [0.2, 0.25) is 0 Å². The maximum absolute atomic E-state index is 12.7. The van der Waals surface area contributed by atoms with E-state index in [0.29, 0.717) is 25.7 Å². The third-order valence-corrected chi connectivity index (χ3v) is 19.3. The fourth-order valence-corrected chi connectivity index (χ4v) is 12.7. The van der Waals surface area contributed by atoms with Crippen LogP contribution in [0.2, 0.25) is 0 Å². The molecule has 114 heavy (non-hydrogen) atoms. The molecule has 0 saturated carbocycles. The van der Waals surface area contributed by atoms with E-state index in [1.54, 1.807) is 27.7 Å². The first kappa shape index (κ1) is 122. The summed E-state index contributed by atoms with van der Waals surface area (Å²) in [4.78, 5) is 123. The predicted molar refractivity (Wildman–Crippen MR) is 435 cm³/mol. The normalized spacial score (nSPS) is 12.9. The maximum atomic E-state index is 12.7. The molecule has 0 spiro atoms. The number of ether oxygens (including phenoxy) is 12. The monoisotopic (exact) mass is 1700 g/mol. The molecule has 0 aromatic carbocycles. The van der Waals surface area contributed by atoms with Crippen LogP contribution in [0.1, 0.15) is 380 Å². The number of carbonyl (C=O) groups is 8. The largest absolute Gasteiger partial charge is 2.00 e. The summed E-state index contributed by atoms with van der Waals surface area (Å²) >= 11 is 0. The van der Waals surface area contributed by atoms with Crippen LogP contribution in [0.4, 0.5) is 19.2 Å². The van der Waals surface area contributed by atoms with E-state index in [9.17, 15) is 57.3 Å². The van der Waals surface area contributed by atoms with E-state index in [1.165, 1.54) is 180 Å². The van der Waals surface area contributed by atoms with Gasteiger partial charge >= 0.3 is 101 Å². The summed E-state index contributed by atoms with van der Waals surface area (Å²) in [6.45, 7) is 10.2. The molecule has 0 radical (unpaired) electrons. The van der Waals surface area contributed by atoms with Gasteiger partial charge in [-0.15, -0.1) is 0 Å². The van der Waals surface area contributed by atoms with Crippen LogP contribution in [0.15, 0.2) is 0 Å². The van der Waals surface area contributed by atoms with Crippen LogP contribution in [0.25, 0.3) is 0 Å². The van der Waals surface area contributed by atoms with Gasteiger partial charge in [-0.2, -0.15) is 0 Å². The van der Waals surface area contributed by atoms with E-state index in [4.69, 9.17) is 65.5 Å². The Labute approximate surface area is 727 Å². The fourth-order valence-electron chi connectivity index (χ4n) is 11.2. The van der Waals surface area contributed by atoms with Crippen LogP contribution in [0.3, 0.4) is 0 Å². The second kappa shape index (κ2) is 89.2. The minimum atomic E-state index is -5.08. The molecule has 0 aliphatic carbocycles. The second-order valence-corrected chi connectivity index (χ2v) is 30.5. The van der Waals surface area contributed by atoms with Gasteiger partial charge < -0.3 is 86.2 Å². The number of phosphoric acid groups is 2. The molecule has 0 bridgehead atoms. The summed E-state index contributed by atoms with van der Waals surface area (Å²) in [5, 5.41) is 0. The number of unbranched alkanes of at least 4 members (excludes halogenated alkanes) is 40. The van der Waals surface area contributed by atoms with Crippen molar-refractivity contribution < 1.29 is 163 Å². The van der Waals surface area contributed by atoms with Crippen molar-refractivity contribution >= 4 is 87.2 Å². The Hall–Kier alpha value is -3.05. The van der Waals surface area contributed by atoms with Gasteiger partial charge in [-0.1, -0.05) is 299 Å². The molecule has 666 valence electrons. The molecule has 6 atom stereocenters. The molecule has 0 N–H and O–H groups in total. The van der Waals surface area contributed by atoms with Crippen molar-refractivity contribution in [2.45, 2.75) is 403 Å². The molecular weight excluding hydrogens is 1540 g/mol. The van der Waals surface area contributed by atoms with Crippen LogP contribution in [0.5, 0.6) is 0 Å². The van der Waals surface area contributed by atoms with Crippen molar-refractivity contribution in [2.75, 3.05) is 79.3 Å². The summed E-state index contributed by atoms with van der Waals surface area (Å²) in [6.07, 6.45) is 40.8. The SMILES string of the molecule is C.C.CCCCCCCCCCCCCC(=O)OC[C@H](COP(=O)([O-])OCC(COC(=O)OCC)OC(=O)OCC)OC(=O)CCCCCCCCCCCCC.CCCCCCCCCCCCCC(=O)OC[C@H](COP(=O)([O-])OCC(COC(=O)OCC)OC(=O)OCC)OC(=O)CCCCCCCCCCCCC.[H-].[Mg+2].[Na+]. The van der Waals surface area contributed by atoms with Crippen LogP contribution >= 0.6 is 15.6 Å². The van der Waals surface area contributed by atoms with Gasteiger partial charge in [0, 0.05) is 25.7 Å². The first-order valence-corrected chi connectivity index (χ1v) is 45.2.